The van der Waals surface area contributed by atoms with Gasteiger partial charge in [0.05, 0.1) is 22.9 Å². The number of aliphatic hydroxyl groups is 2. The smallest absolute Gasteiger partial charge is 0.136 e. The Bertz CT molecular complexity index is 476. The highest BCUT2D eigenvalue weighted by Crippen LogP contribution is 2.38. The predicted octanol–water partition coefficient (Wildman–Crippen LogP) is 3.56. The molecule has 1 aliphatic rings. The first-order valence-electron chi connectivity index (χ1n) is 8.85. The molecule has 1 heterocycles. The number of ether oxygens (including phenoxy) is 1. The zero-order valence-electron chi connectivity index (χ0n) is 15.8. The normalized spacial score (nSPS) is 29.6. The summed E-state index contributed by atoms with van der Waals surface area (Å²) in [6, 6.07) is 0. The molecule has 1 fully saturated rings. The molecule has 0 aromatic rings. The first-order valence-corrected chi connectivity index (χ1v) is 8.85. The number of carbonyl (C=O) groups is 1. The molecule has 0 amide bonds. The second-order valence-electron chi connectivity index (χ2n) is 8.30. The Morgan fingerprint density at radius 3 is 2.58 bits per heavy atom. The lowest BCUT2D eigenvalue weighted by Crippen LogP contribution is -2.42. The number of carbonyl (C=O) groups excluding carboxylic acids is 1. The van der Waals surface area contributed by atoms with Gasteiger partial charge < -0.3 is 14.9 Å². The van der Waals surface area contributed by atoms with Crippen LogP contribution < -0.4 is 0 Å². The quantitative estimate of drug-likeness (QED) is 0.631. The number of ketones is 1. The molecule has 0 radical (unpaired) electrons. The van der Waals surface area contributed by atoms with Crippen molar-refractivity contribution in [1.29, 1.82) is 0 Å². The average molecular weight is 338 g/mol. The molecule has 24 heavy (non-hydrogen) atoms. The molecule has 0 bridgehead atoms. The summed E-state index contributed by atoms with van der Waals surface area (Å²) >= 11 is 0. The van der Waals surface area contributed by atoms with E-state index in [1.807, 2.05) is 32.9 Å². The lowest BCUT2D eigenvalue weighted by atomic mass is 9.88. The maximum absolute atomic E-state index is 12.0. The van der Waals surface area contributed by atoms with E-state index in [4.69, 9.17) is 4.74 Å². The summed E-state index contributed by atoms with van der Waals surface area (Å²) in [6.07, 6.45) is 7.55. The van der Waals surface area contributed by atoms with Crippen molar-refractivity contribution in [2.75, 3.05) is 0 Å². The van der Waals surface area contributed by atoms with Crippen LogP contribution in [0.4, 0.5) is 0 Å². The third-order valence-corrected chi connectivity index (χ3v) is 4.64. The molecular weight excluding hydrogens is 304 g/mol. The minimum atomic E-state index is -1.15. The van der Waals surface area contributed by atoms with E-state index in [0.29, 0.717) is 25.2 Å². The summed E-state index contributed by atoms with van der Waals surface area (Å²) in [7, 11) is 0. The van der Waals surface area contributed by atoms with Crippen LogP contribution in [0.5, 0.6) is 0 Å². The van der Waals surface area contributed by atoms with Crippen molar-refractivity contribution < 1.29 is 19.7 Å². The van der Waals surface area contributed by atoms with Crippen molar-refractivity contribution in [2.24, 2.45) is 5.92 Å². The summed E-state index contributed by atoms with van der Waals surface area (Å²) in [4.78, 5) is 12.0. The van der Waals surface area contributed by atoms with Gasteiger partial charge in [0.15, 0.2) is 0 Å². The predicted molar refractivity (Wildman–Crippen MR) is 96.8 cm³/mol. The Morgan fingerprint density at radius 1 is 1.42 bits per heavy atom. The molecule has 0 aliphatic carbocycles. The molecule has 1 aliphatic heterocycles. The molecule has 4 nitrogen and oxygen atoms in total. The number of Topliss-reactive ketones (excluding diaryl/α,β-unsaturated/α-hetero) is 1. The molecule has 0 aromatic carbocycles. The second kappa shape index (κ2) is 7.94. The second-order valence-corrected chi connectivity index (χ2v) is 8.30. The van der Waals surface area contributed by atoms with Crippen molar-refractivity contribution in [1.82, 2.24) is 0 Å². The number of rotatable bonds is 9. The van der Waals surface area contributed by atoms with Gasteiger partial charge in [-0.25, -0.2) is 0 Å². The van der Waals surface area contributed by atoms with Crippen LogP contribution in [0.25, 0.3) is 0 Å². The lowest BCUT2D eigenvalue weighted by Gasteiger charge is -2.31. The third kappa shape index (κ3) is 6.50. The van der Waals surface area contributed by atoms with E-state index in [9.17, 15) is 15.0 Å². The van der Waals surface area contributed by atoms with Crippen molar-refractivity contribution in [3.05, 3.63) is 24.8 Å². The van der Waals surface area contributed by atoms with E-state index < -0.39 is 16.8 Å². The molecule has 4 heteroatoms. The summed E-state index contributed by atoms with van der Waals surface area (Å²) < 4.78 is 6.07. The Kier molecular flexibility index (Phi) is 6.97. The highest BCUT2D eigenvalue weighted by atomic mass is 16.5. The van der Waals surface area contributed by atoms with Crippen LogP contribution in [0.3, 0.4) is 0 Å². The van der Waals surface area contributed by atoms with Crippen LogP contribution in [0.2, 0.25) is 0 Å². The topological polar surface area (TPSA) is 66.8 Å². The van der Waals surface area contributed by atoms with Gasteiger partial charge in [0.25, 0.3) is 0 Å². The SMILES string of the molecule is C=C[C@@](C)(O)CC=C[C@]1(C)CC[C@@H]([C@@](C)(O)CC(=O)CC(C)C)O1. The highest BCUT2D eigenvalue weighted by molar-refractivity contribution is 5.79. The van der Waals surface area contributed by atoms with Crippen molar-refractivity contribution in [3.63, 3.8) is 0 Å². The molecule has 138 valence electrons. The summed E-state index contributed by atoms with van der Waals surface area (Å²) in [5.74, 6) is 0.369. The van der Waals surface area contributed by atoms with Crippen molar-refractivity contribution in [3.8, 4) is 0 Å². The van der Waals surface area contributed by atoms with Gasteiger partial charge in [0, 0.05) is 12.8 Å². The Morgan fingerprint density at radius 2 is 2.04 bits per heavy atom. The number of hydrogen-bond donors (Lipinski definition) is 2. The molecule has 2 N–H and O–H groups in total. The summed E-state index contributed by atoms with van der Waals surface area (Å²) in [6.45, 7) is 13.0. The van der Waals surface area contributed by atoms with E-state index in [1.54, 1.807) is 13.8 Å². The molecule has 0 unspecified atom stereocenters. The average Bonchev–Trinajstić information content (AvgIpc) is 2.80. The first-order chi connectivity index (χ1) is 10.9. The zero-order chi connectivity index (χ0) is 18.6. The molecule has 1 saturated heterocycles. The molecule has 0 aromatic heterocycles. The number of hydrogen-bond acceptors (Lipinski definition) is 4. The van der Waals surface area contributed by atoms with Gasteiger partial charge in [-0.3, -0.25) is 4.79 Å². The molecule has 0 spiro atoms. The third-order valence-electron chi connectivity index (χ3n) is 4.64. The fourth-order valence-electron chi connectivity index (χ4n) is 3.09. The zero-order valence-corrected chi connectivity index (χ0v) is 15.8. The van der Waals surface area contributed by atoms with E-state index in [0.717, 1.165) is 6.42 Å². The van der Waals surface area contributed by atoms with Crippen LogP contribution in [-0.4, -0.2) is 38.9 Å². The van der Waals surface area contributed by atoms with Crippen LogP contribution >= 0.6 is 0 Å². The van der Waals surface area contributed by atoms with E-state index in [2.05, 4.69) is 6.58 Å². The van der Waals surface area contributed by atoms with Gasteiger partial charge in [-0.15, -0.1) is 6.58 Å². The summed E-state index contributed by atoms with van der Waals surface area (Å²) in [5.41, 5.74) is -2.56. The van der Waals surface area contributed by atoms with Crippen LogP contribution in [-0.2, 0) is 9.53 Å². The van der Waals surface area contributed by atoms with Crippen molar-refractivity contribution >= 4 is 5.78 Å². The van der Waals surface area contributed by atoms with Gasteiger partial charge in [-0.1, -0.05) is 32.1 Å². The van der Waals surface area contributed by atoms with Gasteiger partial charge >= 0.3 is 0 Å². The summed E-state index contributed by atoms with van der Waals surface area (Å²) in [5, 5.41) is 20.6. The minimum absolute atomic E-state index is 0.0739. The van der Waals surface area contributed by atoms with E-state index in [-0.39, 0.29) is 18.3 Å². The maximum Gasteiger partial charge on any atom is 0.136 e. The Balaban J connectivity index is 2.64. The van der Waals surface area contributed by atoms with Gasteiger partial charge in [-0.2, -0.15) is 0 Å². The van der Waals surface area contributed by atoms with Crippen LogP contribution in [0.1, 0.15) is 66.7 Å². The van der Waals surface area contributed by atoms with Gasteiger partial charge in [0.1, 0.15) is 5.78 Å². The van der Waals surface area contributed by atoms with Crippen LogP contribution in [0, 0.1) is 5.92 Å². The van der Waals surface area contributed by atoms with Crippen molar-refractivity contribution in [2.45, 2.75) is 89.6 Å². The molecule has 0 saturated carbocycles. The lowest BCUT2D eigenvalue weighted by molar-refractivity contribution is -0.138. The molecular formula is C20H34O4. The van der Waals surface area contributed by atoms with Crippen LogP contribution in [0.15, 0.2) is 24.8 Å². The molecule has 4 atom stereocenters. The fourth-order valence-corrected chi connectivity index (χ4v) is 3.09. The van der Waals surface area contributed by atoms with E-state index in [1.165, 1.54) is 6.08 Å². The minimum Gasteiger partial charge on any atom is -0.387 e. The Hall–Kier alpha value is -0.970. The molecule has 1 rings (SSSR count). The maximum atomic E-state index is 12.0. The first kappa shape index (κ1) is 21.1. The monoisotopic (exact) mass is 338 g/mol. The highest BCUT2D eigenvalue weighted by Gasteiger charge is 2.44. The Labute approximate surface area is 146 Å². The van der Waals surface area contributed by atoms with Gasteiger partial charge in [-0.05, 0) is 46.0 Å². The largest absolute Gasteiger partial charge is 0.387 e. The fraction of sp³-hybridized carbons (Fsp3) is 0.750. The standard InChI is InChI=1S/C20H34O4/c1-7-18(4,22)10-8-11-19(5)12-9-17(24-19)20(6,23)14-16(21)13-15(2)3/h7-8,11,15,17,22-23H,1,9-10,12-14H2,2-6H3/t17-,18+,19+,20-/m0/s1. The van der Waals surface area contributed by atoms with Gasteiger partial charge in [0.2, 0.25) is 0 Å². The van der Waals surface area contributed by atoms with E-state index >= 15 is 0 Å².